The highest BCUT2D eigenvalue weighted by molar-refractivity contribution is 6.03. The topological polar surface area (TPSA) is 162 Å². The zero-order valence-corrected chi connectivity index (χ0v) is 20.2. The van der Waals surface area contributed by atoms with Crippen LogP contribution in [0.25, 0.3) is 0 Å². The van der Waals surface area contributed by atoms with Crippen molar-refractivity contribution in [2.75, 3.05) is 5.32 Å². The molecule has 0 unspecified atom stereocenters. The molecule has 1 fully saturated rings. The van der Waals surface area contributed by atoms with E-state index in [0.29, 0.717) is 23.0 Å². The maximum absolute atomic E-state index is 12.6. The molecule has 36 heavy (non-hydrogen) atoms. The van der Waals surface area contributed by atoms with E-state index in [-0.39, 0.29) is 29.7 Å². The summed E-state index contributed by atoms with van der Waals surface area (Å²) in [6, 6.07) is 12.8. The summed E-state index contributed by atoms with van der Waals surface area (Å²) in [5, 5.41) is 13.6. The second-order valence-corrected chi connectivity index (χ2v) is 8.22. The molecule has 0 radical (unpaired) electrons. The van der Waals surface area contributed by atoms with Crippen molar-refractivity contribution in [1.82, 2.24) is 20.3 Å². The molecule has 0 spiro atoms. The Balaban J connectivity index is 0.00000115. The molecule has 10 heteroatoms. The number of carbonyl (C=O) groups is 1. The van der Waals surface area contributed by atoms with Crippen LogP contribution in [0, 0.1) is 11.3 Å². The Hall–Kier alpha value is -4.52. The number of aromatic nitrogens is 3. The molecule has 3 aromatic rings. The number of benzene rings is 1. The van der Waals surface area contributed by atoms with Crippen molar-refractivity contribution in [2.45, 2.75) is 51.6 Å². The molecule has 0 aliphatic heterocycles. The van der Waals surface area contributed by atoms with Crippen molar-refractivity contribution in [3.63, 3.8) is 0 Å². The lowest BCUT2D eigenvalue weighted by molar-refractivity contribution is 0.0940. The molecule has 0 bridgehead atoms. The van der Waals surface area contributed by atoms with Gasteiger partial charge >= 0.3 is 0 Å². The minimum absolute atomic E-state index is 0.109. The van der Waals surface area contributed by atoms with Gasteiger partial charge in [0.1, 0.15) is 11.4 Å². The van der Waals surface area contributed by atoms with Gasteiger partial charge in [0, 0.05) is 38.1 Å². The number of pyridine rings is 1. The fourth-order valence-corrected chi connectivity index (χ4v) is 3.93. The Labute approximate surface area is 209 Å². The van der Waals surface area contributed by atoms with Crippen LogP contribution in [0.2, 0.25) is 0 Å². The van der Waals surface area contributed by atoms with Gasteiger partial charge in [-0.2, -0.15) is 5.26 Å². The molecule has 0 saturated heterocycles. The van der Waals surface area contributed by atoms with E-state index in [2.05, 4.69) is 30.6 Å². The minimum atomic E-state index is -0.363. The van der Waals surface area contributed by atoms with Gasteiger partial charge in [-0.05, 0) is 42.7 Å². The molecule has 1 saturated carbocycles. The van der Waals surface area contributed by atoms with Crippen molar-refractivity contribution >= 4 is 23.1 Å². The quantitative estimate of drug-likeness (QED) is 0.294. The number of aromatic amines is 1. The van der Waals surface area contributed by atoms with E-state index in [1.165, 1.54) is 38.6 Å². The van der Waals surface area contributed by atoms with Crippen LogP contribution in [-0.4, -0.2) is 32.7 Å². The first-order valence-corrected chi connectivity index (χ1v) is 11.8. The van der Waals surface area contributed by atoms with E-state index in [1.807, 2.05) is 24.3 Å². The van der Waals surface area contributed by atoms with Crippen LogP contribution < -0.4 is 21.9 Å². The average molecular weight is 487 g/mol. The maximum atomic E-state index is 12.6. The second-order valence-electron chi connectivity index (χ2n) is 8.22. The molecular formula is C26H30N8O2. The molecule has 10 nitrogen and oxygen atoms in total. The number of carbonyl (C=O) groups excluding carboxylic acids is 1. The standard InChI is InChI=1S/C24H27N7O2.C2H3N/c25-21(20-19(10-13-28-23(20)32)30-17-7-2-1-3-8-17)31-18-9-4-6-16(14-18)15-29-24(33)22-26-11-5-12-27-22;1-2-3/h4-6,9-14,17H,1-3,7-8,15H2,(H2,25,31)(H,29,33)(H2,28,30,32);1H3. The Kier molecular flexibility index (Phi) is 9.70. The highest BCUT2D eigenvalue weighted by atomic mass is 16.2. The van der Waals surface area contributed by atoms with Gasteiger partial charge in [0.2, 0.25) is 5.82 Å². The lowest BCUT2D eigenvalue weighted by Gasteiger charge is -2.24. The molecule has 0 atom stereocenters. The number of nitriles is 1. The summed E-state index contributed by atoms with van der Waals surface area (Å²) < 4.78 is 0. The lowest BCUT2D eigenvalue weighted by Crippen LogP contribution is -2.29. The maximum Gasteiger partial charge on any atom is 0.289 e. The van der Waals surface area contributed by atoms with Gasteiger partial charge < -0.3 is 21.4 Å². The monoisotopic (exact) mass is 486 g/mol. The lowest BCUT2D eigenvalue weighted by atomic mass is 9.95. The zero-order valence-electron chi connectivity index (χ0n) is 20.2. The van der Waals surface area contributed by atoms with Gasteiger partial charge in [-0.15, -0.1) is 0 Å². The minimum Gasteiger partial charge on any atom is -0.383 e. The van der Waals surface area contributed by atoms with E-state index in [9.17, 15) is 9.59 Å². The van der Waals surface area contributed by atoms with E-state index >= 15 is 0 Å². The first kappa shape index (κ1) is 26.1. The summed E-state index contributed by atoms with van der Waals surface area (Å²) in [6.07, 6.45) is 10.4. The van der Waals surface area contributed by atoms with Gasteiger partial charge in [-0.3, -0.25) is 9.59 Å². The van der Waals surface area contributed by atoms with E-state index in [0.717, 1.165) is 18.4 Å². The summed E-state index contributed by atoms with van der Waals surface area (Å²) in [6.45, 7) is 1.71. The number of nitrogens with one attached hydrogen (secondary N) is 3. The van der Waals surface area contributed by atoms with E-state index < -0.39 is 0 Å². The third-order valence-electron chi connectivity index (χ3n) is 5.56. The Bertz CT molecular complexity index is 1270. The highest BCUT2D eigenvalue weighted by Gasteiger charge is 2.17. The molecule has 1 aliphatic carbocycles. The Morgan fingerprint density at radius 2 is 1.92 bits per heavy atom. The number of aliphatic imine (C=N–C) groups is 1. The Morgan fingerprint density at radius 1 is 1.19 bits per heavy atom. The van der Waals surface area contributed by atoms with Crippen LogP contribution in [0.5, 0.6) is 0 Å². The van der Waals surface area contributed by atoms with Gasteiger partial charge in [0.05, 0.1) is 17.4 Å². The molecule has 5 N–H and O–H groups in total. The average Bonchev–Trinajstić information content (AvgIpc) is 2.89. The highest BCUT2D eigenvalue weighted by Crippen LogP contribution is 2.23. The predicted octanol–water partition coefficient (Wildman–Crippen LogP) is 3.41. The number of H-pyrrole nitrogens is 1. The molecule has 4 rings (SSSR count). The van der Waals surface area contributed by atoms with Gasteiger partial charge in [-0.1, -0.05) is 31.4 Å². The van der Waals surface area contributed by atoms with Crippen LogP contribution in [0.1, 0.15) is 60.8 Å². The van der Waals surface area contributed by atoms with Crippen molar-refractivity contribution in [1.29, 1.82) is 5.26 Å². The van der Waals surface area contributed by atoms with Crippen LogP contribution in [0.4, 0.5) is 11.4 Å². The predicted molar refractivity (Wildman–Crippen MR) is 139 cm³/mol. The molecule has 2 aromatic heterocycles. The van der Waals surface area contributed by atoms with Crippen molar-refractivity contribution in [2.24, 2.45) is 10.7 Å². The normalized spacial score (nSPS) is 13.6. The number of amides is 1. The summed E-state index contributed by atoms with van der Waals surface area (Å²) in [4.78, 5) is 39.8. The first-order valence-electron chi connectivity index (χ1n) is 11.8. The largest absolute Gasteiger partial charge is 0.383 e. The fourth-order valence-electron chi connectivity index (χ4n) is 3.93. The summed E-state index contributed by atoms with van der Waals surface area (Å²) in [7, 11) is 0. The second kappa shape index (κ2) is 13.4. The number of hydrogen-bond donors (Lipinski definition) is 4. The van der Waals surface area contributed by atoms with Crippen molar-refractivity contribution in [3.8, 4) is 6.07 Å². The number of anilines is 1. The van der Waals surface area contributed by atoms with Gasteiger partial charge in [-0.25, -0.2) is 15.0 Å². The number of hydrogen-bond acceptors (Lipinski definition) is 7. The van der Waals surface area contributed by atoms with Crippen molar-refractivity contribution in [3.05, 3.63) is 82.3 Å². The van der Waals surface area contributed by atoms with Crippen LogP contribution in [-0.2, 0) is 6.54 Å². The molecule has 1 amide bonds. The van der Waals surface area contributed by atoms with Crippen LogP contribution in [0.15, 0.2) is 64.8 Å². The molecular weight excluding hydrogens is 456 g/mol. The molecule has 1 aromatic carbocycles. The Morgan fingerprint density at radius 3 is 2.64 bits per heavy atom. The van der Waals surface area contributed by atoms with Gasteiger partial charge in [0.15, 0.2) is 0 Å². The number of rotatable bonds is 7. The molecule has 2 heterocycles. The number of nitrogens with two attached hydrogens (primary N) is 1. The SMILES string of the molecule is CC#N.NC(=Nc1cccc(CNC(=O)c2ncccn2)c1)c1c(NC2CCCCC2)cc[nH]c1=O. The van der Waals surface area contributed by atoms with Crippen LogP contribution >= 0.6 is 0 Å². The third kappa shape index (κ3) is 7.50. The number of nitrogens with zero attached hydrogens (tertiary/aromatic N) is 4. The summed E-state index contributed by atoms with van der Waals surface area (Å²) in [5.74, 6) is -0.121. The summed E-state index contributed by atoms with van der Waals surface area (Å²) in [5.41, 5.74) is 8.44. The van der Waals surface area contributed by atoms with Crippen LogP contribution in [0.3, 0.4) is 0 Å². The van der Waals surface area contributed by atoms with E-state index in [1.54, 1.807) is 24.4 Å². The fraction of sp³-hybridized carbons (Fsp3) is 0.308. The zero-order chi connectivity index (χ0) is 25.8. The third-order valence-corrected chi connectivity index (χ3v) is 5.56. The van der Waals surface area contributed by atoms with Crippen molar-refractivity contribution < 1.29 is 4.79 Å². The van der Waals surface area contributed by atoms with E-state index in [4.69, 9.17) is 11.0 Å². The summed E-state index contributed by atoms with van der Waals surface area (Å²) >= 11 is 0. The molecule has 186 valence electrons. The van der Waals surface area contributed by atoms with Gasteiger partial charge in [0.25, 0.3) is 11.5 Å². The molecule has 1 aliphatic rings. The number of amidine groups is 1. The first-order chi connectivity index (χ1) is 17.5. The smallest absolute Gasteiger partial charge is 0.289 e.